The molecule has 0 aromatic rings. The molecule has 14 nitrogen and oxygen atoms in total. The second-order valence-corrected chi connectivity index (χ2v) is 8.76. The second-order valence-electron chi connectivity index (χ2n) is 8.38. The van der Waals surface area contributed by atoms with E-state index >= 15 is 0 Å². The van der Waals surface area contributed by atoms with Gasteiger partial charge < -0.3 is 61.6 Å². The van der Waals surface area contributed by atoms with Crippen molar-refractivity contribution in [3.8, 4) is 0 Å². The third-order valence-corrected chi connectivity index (χ3v) is 5.00. The van der Waals surface area contributed by atoms with Crippen LogP contribution < -0.4 is 0 Å². The Labute approximate surface area is 262 Å². The molecule has 0 heterocycles. The molecule has 0 amide bonds. The van der Waals surface area contributed by atoms with Crippen molar-refractivity contribution in [2.75, 3.05) is 171 Å². The Hall–Kier alpha value is -0.720. The van der Waals surface area contributed by atoms with Crippen LogP contribution in [0.5, 0.6) is 0 Å². The topological polar surface area (TPSA) is 137 Å². The molecule has 0 aromatic carbocycles. The van der Waals surface area contributed by atoms with Gasteiger partial charge in [0.1, 0.15) is 6.61 Å². The van der Waals surface area contributed by atoms with Crippen molar-refractivity contribution >= 4 is 17.6 Å². The molecule has 43 heavy (non-hydrogen) atoms. The number of esters is 1. The SMILES string of the molecule is CC(=O)OCCOCCOCCOCCOCCOCCOCCOCCOCCOCCOCCOCCOCCCl. The lowest BCUT2D eigenvalue weighted by atomic mass is 10.6. The van der Waals surface area contributed by atoms with E-state index in [1.165, 1.54) is 6.92 Å². The van der Waals surface area contributed by atoms with Crippen molar-refractivity contribution in [2.45, 2.75) is 6.92 Å². The van der Waals surface area contributed by atoms with E-state index < -0.39 is 0 Å². The number of ether oxygens (including phenoxy) is 13. The van der Waals surface area contributed by atoms with E-state index in [1.54, 1.807) is 0 Å². The lowest BCUT2D eigenvalue weighted by Crippen LogP contribution is -2.15. The third-order valence-electron chi connectivity index (χ3n) is 4.85. The first-order chi connectivity index (χ1) is 21.3. The number of hydrogen-bond acceptors (Lipinski definition) is 14. The van der Waals surface area contributed by atoms with Gasteiger partial charge in [0, 0.05) is 12.8 Å². The van der Waals surface area contributed by atoms with Gasteiger partial charge >= 0.3 is 5.97 Å². The molecule has 0 saturated carbocycles. The highest BCUT2D eigenvalue weighted by Gasteiger charge is 1.97. The Morgan fingerprint density at radius 2 is 0.488 bits per heavy atom. The van der Waals surface area contributed by atoms with Gasteiger partial charge in [0.25, 0.3) is 0 Å². The van der Waals surface area contributed by atoms with Crippen LogP contribution in [0.25, 0.3) is 0 Å². The molecule has 0 rings (SSSR count). The molecule has 0 spiro atoms. The second kappa shape index (κ2) is 39.3. The summed E-state index contributed by atoms with van der Waals surface area (Å²) in [5.41, 5.74) is 0. The minimum atomic E-state index is -0.312. The highest BCUT2D eigenvalue weighted by atomic mass is 35.5. The van der Waals surface area contributed by atoms with Gasteiger partial charge in [0.2, 0.25) is 0 Å². The average molecular weight is 651 g/mol. The molecule has 0 N–H and O–H groups in total. The molecule has 0 atom stereocenters. The fourth-order valence-electron chi connectivity index (χ4n) is 2.82. The van der Waals surface area contributed by atoms with Crippen LogP contribution in [0, 0.1) is 0 Å². The number of alkyl halides is 1. The molecule has 0 bridgehead atoms. The van der Waals surface area contributed by atoms with Gasteiger partial charge in [-0.25, -0.2) is 0 Å². The number of rotatable bonds is 38. The minimum absolute atomic E-state index is 0.257. The maximum absolute atomic E-state index is 10.6. The lowest BCUT2D eigenvalue weighted by Gasteiger charge is -2.09. The summed E-state index contributed by atoms with van der Waals surface area (Å²) < 4.78 is 69.5. The molecule has 0 saturated heterocycles. The zero-order valence-electron chi connectivity index (χ0n) is 26.0. The first kappa shape index (κ1) is 42.3. The Balaban J connectivity index is 3.03. The summed E-state index contributed by atoms with van der Waals surface area (Å²) in [5.74, 6) is 0.182. The van der Waals surface area contributed by atoms with Crippen LogP contribution in [0.3, 0.4) is 0 Å². The number of halogens is 1. The van der Waals surface area contributed by atoms with Crippen LogP contribution in [0.1, 0.15) is 6.92 Å². The highest BCUT2D eigenvalue weighted by molar-refractivity contribution is 6.17. The van der Waals surface area contributed by atoms with Gasteiger partial charge in [0.05, 0.1) is 159 Å². The zero-order chi connectivity index (χ0) is 31.2. The summed E-state index contributed by atoms with van der Waals surface area (Å²) in [7, 11) is 0. The van der Waals surface area contributed by atoms with Crippen LogP contribution in [0.15, 0.2) is 0 Å². The van der Waals surface area contributed by atoms with Crippen LogP contribution in [0.4, 0.5) is 0 Å². The zero-order valence-corrected chi connectivity index (χ0v) is 26.7. The van der Waals surface area contributed by atoms with Gasteiger partial charge in [0.15, 0.2) is 0 Å². The monoisotopic (exact) mass is 650 g/mol. The summed E-state index contributed by atoms with van der Waals surface area (Å²) in [6.45, 7) is 13.6. The molecule has 258 valence electrons. The van der Waals surface area contributed by atoms with Gasteiger partial charge in [-0.3, -0.25) is 4.79 Å². The Morgan fingerprint density at radius 1 is 0.326 bits per heavy atom. The van der Waals surface area contributed by atoms with Crippen molar-refractivity contribution in [3.63, 3.8) is 0 Å². The van der Waals surface area contributed by atoms with Crippen LogP contribution in [0.2, 0.25) is 0 Å². The molecule has 15 heteroatoms. The first-order valence-corrected chi connectivity index (χ1v) is 15.4. The maximum atomic E-state index is 10.6. The molecule has 0 aliphatic carbocycles. The average Bonchev–Trinajstić information content (AvgIpc) is 3.00. The maximum Gasteiger partial charge on any atom is 0.302 e. The molecule has 0 aromatic heterocycles. The summed E-state index contributed by atoms with van der Waals surface area (Å²) in [4.78, 5) is 10.6. The van der Waals surface area contributed by atoms with E-state index in [1.807, 2.05) is 0 Å². The molecular weight excluding hydrogens is 596 g/mol. The largest absolute Gasteiger partial charge is 0.463 e. The molecule has 0 fully saturated rings. The first-order valence-electron chi connectivity index (χ1n) is 14.9. The summed E-state index contributed by atoms with van der Waals surface area (Å²) in [5, 5.41) is 0. The molecule has 0 unspecified atom stereocenters. The van der Waals surface area contributed by atoms with Crippen LogP contribution in [-0.2, 0) is 66.4 Å². The smallest absolute Gasteiger partial charge is 0.302 e. The van der Waals surface area contributed by atoms with E-state index in [0.717, 1.165) is 0 Å². The lowest BCUT2D eigenvalue weighted by molar-refractivity contribution is -0.142. The van der Waals surface area contributed by atoms with Crippen LogP contribution in [-0.4, -0.2) is 177 Å². The van der Waals surface area contributed by atoms with Gasteiger partial charge in [-0.15, -0.1) is 11.6 Å². The Kier molecular flexibility index (Phi) is 38.6. The quantitative estimate of drug-likeness (QED) is 0.0533. The Morgan fingerprint density at radius 3 is 0.651 bits per heavy atom. The van der Waals surface area contributed by atoms with E-state index in [4.69, 9.17) is 73.2 Å². The third kappa shape index (κ3) is 41.3. The molecule has 0 aliphatic heterocycles. The van der Waals surface area contributed by atoms with Crippen molar-refractivity contribution in [1.82, 2.24) is 0 Å². The van der Waals surface area contributed by atoms with E-state index in [0.29, 0.717) is 164 Å². The number of carbonyl (C=O) groups excluding carboxylic acids is 1. The van der Waals surface area contributed by atoms with Gasteiger partial charge in [-0.2, -0.15) is 0 Å². The summed E-state index contributed by atoms with van der Waals surface area (Å²) in [6, 6.07) is 0. The molecule has 0 radical (unpaired) electrons. The van der Waals surface area contributed by atoms with Gasteiger partial charge in [-0.1, -0.05) is 0 Å². The van der Waals surface area contributed by atoms with Crippen molar-refractivity contribution in [1.29, 1.82) is 0 Å². The summed E-state index contributed by atoms with van der Waals surface area (Å²) >= 11 is 5.50. The van der Waals surface area contributed by atoms with Crippen molar-refractivity contribution in [3.05, 3.63) is 0 Å². The molecular formula is C28H55ClO14. The van der Waals surface area contributed by atoms with Crippen molar-refractivity contribution in [2.24, 2.45) is 0 Å². The van der Waals surface area contributed by atoms with E-state index in [-0.39, 0.29) is 12.6 Å². The van der Waals surface area contributed by atoms with Crippen LogP contribution >= 0.6 is 11.6 Å². The normalized spacial score (nSPS) is 11.4. The minimum Gasteiger partial charge on any atom is -0.463 e. The number of hydrogen-bond donors (Lipinski definition) is 0. The van der Waals surface area contributed by atoms with Gasteiger partial charge in [-0.05, 0) is 0 Å². The number of carbonyl (C=O) groups is 1. The standard InChI is InChI=1S/C28H55ClO14/c1-28(30)43-27-26-42-25-24-41-23-22-40-21-20-39-19-18-38-17-16-37-15-14-36-13-12-35-11-10-34-9-8-33-7-6-32-5-4-31-3-2-29/h2-27H2,1H3. The fourth-order valence-corrected chi connectivity index (χ4v) is 2.93. The fraction of sp³-hybridized carbons (Fsp3) is 0.964. The Bertz CT molecular complexity index is 536. The highest BCUT2D eigenvalue weighted by Crippen LogP contribution is 1.88. The summed E-state index contributed by atoms with van der Waals surface area (Å²) in [6.07, 6.45) is 0. The van der Waals surface area contributed by atoms with Crippen molar-refractivity contribution < 1.29 is 66.4 Å². The predicted molar refractivity (Wildman–Crippen MR) is 157 cm³/mol. The van der Waals surface area contributed by atoms with E-state index in [2.05, 4.69) is 0 Å². The predicted octanol–water partition coefficient (Wildman–Crippen LogP) is 0.988. The molecule has 0 aliphatic rings. The van der Waals surface area contributed by atoms with E-state index in [9.17, 15) is 4.79 Å².